The molecular formula is C13H12F3NO3. The first-order valence-electron chi connectivity index (χ1n) is 5.71. The molecule has 1 N–H and O–H groups in total. The van der Waals surface area contributed by atoms with Gasteiger partial charge in [0.15, 0.2) is 0 Å². The van der Waals surface area contributed by atoms with Crippen molar-refractivity contribution in [1.82, 2.24) is 5.32 Å². The Balaban J connectivity index is 2.47. The number of ether oxygens (including phenoxy) is 2. The molecule has 1 atom stereocenters. The highest BCUT2D eigenvalue weighted by atomic mass is 19.4. The quantitative estimate of drug-likeness (QED) is 0.925. The van der Waals surface area contributed by atoms with Crippen molar-refractivity contribution in [3.05, 3.63) is 41.3 Å². The molecular weight excluding hydrogens is 275 g/mol. The zero-order valence-corrected chi connectivity index (χ0v) is 10.7. The van der Waals surface area contributed by atoms with Crippen LogP contribution < -0.4 is 5.32 Å². The number of halogens is 3. The van der Waals surface area contributed by atoms with E-state index >= 15 is 0 Å². The number of rotatable bonds is 3. The molecule has 0 aromatic heterocycles. The van der Waals surface area contributed by atoms with Crippen LogP contribution >= 0.6 is 0 Å². The maximum Gasteiger partial charge on any atom is 0.416 e. The number of Topliss-reactive ketones (excluding diaryl/α,β-unsaturated/α-hetero) is 1. The van der Waals surface area contributed by atoms with Gasteiger partial charge >= 0.3 is 6.18 Å². The van der Waals surface area contributed by atoms with Crippen molar-refractivity contribution in [1.29, 1.82) is 0 Å². The molecule has 0 aliphatic carbocycles. The molecule has 20 heavy (non-hydrogen) atoms. The fraction of sp³-hybridized carbons (Fsp3) is 0.308. The van der Waals surface area contributed by atoms with Crippen LogP contribution in [0.25, 0.3) is 5.57 Å². The Morgan fingerprint density at radius 3 is 2.60 bits per heavy atom. The molecule has 4 nitrogen and oxygen atoms in total. The fourth-order valence-corrected chi connectivity index (χ4v) is 1.91. The van der Waals surface area contributed by atoms with Crippen molar-refractivity contribution in [2.75, 3.05) is 14.2 Å². The Hall–Kier alpha value is -2.02. The molecule has 1 unspecified atom stereocenters. The van der Waals surface area contributed by atoms with Gasteiger partial charge in [0.1, 0.15) is 0 Å². The predicted octanol–water partition coefficient (Wildman–Crippen LogP) is 2.17. The van der Waals surface area contributed by atoms with Crippen molar-refractivity contribution in [2.45, 2.75) is 12.5 Å². The van der Waals surface area contributed by atoms with Crippen LogP contribution in [0.4, 0.5) is 13.2 Å². The Bertz CT molecular complexity index is 566. The molecule has 0 saturated carbocycles. The summed E-state index contributed by atoms with van der Waals surface area (Å²) >= 11 is 0. The maximum absolute atomic E-state index is 12.7. The third-order valence-electron chi connectivity index (χ3n) is 2.83. The molecule has 1 heterocycles. The highest BCUT2D eigenvalue weighted by molar-refractivity contribution is 6.24. The van der Waals surface area contributed by atoms with Crippen molar-refractivity contribution in [3.63, 3.8) is 0 Å². The van der Waals surface area contributed by atoms with Crippen molar-refractivity contribution in [2.24, 2.45) is 0 Å². The zero-order valence-electron chi connectivity index (χ0n) is 10.7. The molecule has 2 rings (SSSR count). The van der Waals surface area contributed by atoms with Gasteiger partial charge in [0.25, 0.3) is 6.29 Å². The van der Waals surface area contributed by atoms with E-state index in [1.54, 1.807) is 0 Å². The van der Waals surface area contributed by atoms with E-state index in [-0.39, 0.29) is 17.0 Å². The second-order valence-corrected chi connectivity index (χ2v) is 4.08. The molecule has 0 radical (unpaired) electrons. The minimum absolute atomic E-state index is 0.0467. The highest BCUT2D eigenvalue weighted by Crippen LogP contribution is 2.34. The Morgan fingerprint density at radius 1 is 1.35 bits per heavy atom. The lowest BCUT2D eigenvalue weighted by molar-refractivity contribution is -0.143. The second-order valence-electron chi connectivity index (χ2n) is 4.08. The number of hydrogen-bond acceptors (Lipinski definition) is 4. The van der Waals surface area contributed by atoms with E-state index in [4.69, 9.17) is 9.47 Å². The van der Waals surface area contributed by atoms with Gasteiger partial charge in [-0.05, 0) is 17.7 Å². The van der Waals surface area contributed by atoms with Gasteiger partial charge in [0.2, 0.25) is 11.7 Å². The summed E-state index contributed by atoms with van der Waals surface area (Å²) in [7, 11) is 2.79. The summed E-state index contributed by atoms with van der Waals surface area (Å²) in [6, 6.07) is 4.51. The third kappa shape index (κ3) is 2.49. The molecule has 1 aliphatic heterocycles. The van der Waals surface area contributed by atoms with Gasteiger partial charge in [-0.2, -0.15) is 13.2 Å². The van der Waals surface area contributed by atoms with Gasteiger partial charge in [0.05, 0.1) is 11.1 Å². The summed E-state index contributed by atoms with van der Waals surface area (Å²) in [5.41, 5.74) is -0.647. The lowest BCUT2D eigenvalue weighted by Crippen LogP contribution is -2.20. The first kappa shape index (κ1) is 14.4. The van der Waals surface area contributed by atoms with E-state index in [2.05, 4.69) is 5.32 Å². The minimum atomic E-state index is -4.47. The van der Waals surface area contributed by atoms with Crippen LogP contribution in [0.2, 0.25) is 0 Å². The number of hydrogen-bond donors (Lipinski definition) is 1. The normalized spacial score (nSPS) is 19.2. The van der Waals surface area contributed by atoms with Gasteiger partial charge in [-0.1, -0.05) is 12.1 Å². The molecule has 108 valence electrons. The lowest BCUT2D eigenvalue weighted by Gasteiger charge is -2.09. The summed E-state index contributed by atoms with van der Waals surface area (Å²) in [6.07, 6.45) is -5.61. The van der Waals surface area contributed by atoms with E-state index in [1.807, 2.05) is 0 Å². The fourth-order valence-electron chi connectivity index (χ4n) is 1.91. The smallest absolute Gasteiger partial charge is 0.416 e. The summed E-state index contributed by atoms with van der Waals surface area (Å²) in [5, 5.41) is 2.64. The van der Waals surface area contributed by atoms with Crippen LogP contribution in [0, 0.1) is 0 Å². The van der Waals surface area contributed by atoms with E-state index in [0.717, 1.165) is 12.1 Å². The highest BCUT2D eigenvalue weighted by Gasteiger charge is 2.37. The van der Waals surface area contributed by atoms with Crippen molar-refractivity contribution in [3.8, 4) is 0 Å². The van der Waals surface area contributed by atoms with E-state index < -0.39 is 23.8 Å². The van der Waals surface area contributed by atoms with Gasteiger partial charge in [-0.3, -0.25) is 4.79 Å². The van der Waals surface area contributed by atoms with Crippen LogP contribution in [0.1, 0.15) is 11.1 Å². The van der Waals surface area contributed by atoms with Gasteiger partial charge in [-0.15, -0.1) is 0 Å². The topological polar surface area (TPSA) is 47.6 Å². The monoisotopic (exact) mass is 287 g/mol. The SMILES string of the molecule is CNC1=C(c2cccc(C(F)(F)F)c2)C(=O)C(OC)O1. The van der Waals surface area contributed by atoms with Crippen LogP contribution in [-0.2, 0) is 20.4 Å². The Morgan fingerprint density at radius 2 is 2.05 bits per heavy atom. The second kappa shape index (κ2) is 5.16. The van der Waals surface area contributed by atoms with Crippen LogP contribution in [0.15, 0.2) is 30.1 Å². The number of benzene rings is 1. The summed E-state index contributed by atoms with van der Waals surface area (Å²) in [6.45, 7) is 0. The first-order valence-corrected chi connectivity index (χ1v) is 5.71. The summed E-state index contributed by atoms with van der Waals surface area (Å²) < 4.78 is 48.1. The molecule has 1 aromatic carbocycles. The number of nitrogens with one attached hydrogen (secondary N) is 1. The van der Waals surface area contributed by atoms with Gasteiger partial charge in [0, 0.05) is 14.2 Å². The average Bonchev–Trinajstić information content (AvgIpc) is 2.74. The molecule has 0 amide bonds. The van der Waals surface area contributed by atoms with Gasteiger partial charge in [-0.25, -0.2) is 0 Å². The lowest BCUT2D eigenvalue weighted by atomic mass is 10.0. The molecule has 1 aliphatic rings. The number of ketones is 1. The van der Waals surface area contributed by atoms with Crippen molar-refractivity contribution < 1.29 is 27.4 Å². The largest absolute Gasteiger partial charge is 0.441 e. The van der Waals surface area contributed by atoms with E-state index in [0.29, 0.717) is 0 Å². The van der Waals surface area contributed by atoms with Crippen molar-refractivity contribution >= 4 is 11.4 Å². The maximum atomic E-state index is 12.7. The van der Waals surface area contributed by atoms with Crippen LogP contribution in [-0.4, -0.2) is 26.2 Å². The molecule has 0 saturated heterocycles. The number of alkyl halides is 3. The van der Waals surface area contributed by atoms with Crippen LogP contribution in [0.3, 0.4) is 0 Å². The Kier molecular flexibility index (Phi) is 3.71. The number of carbonyl (C=O) groups is 1. The van der Waals surface area contributed by atoms with E-state index in [9.17, 15) is 18.0 Å². The molecule has 1 aromatic rings. The number of methoxy groups -OCH3 is 1. The molecule has 0 fully saturated rings. The van der Waals surface area contributed by atoms with E-state index in [1.165, 1.54) is 26.3 Å². The predicted molar refractivity (Wildman–Crippen MR) is 64.3 cm³/mol. The third-order valence-corrected chi connectivity index (χ3v) is 2.83. The Labute approximate surface area is 113 Å². The molecule has 0 bridgehead atoms. The first-order chi connectivity index (χ1) is 9.38. The van der Waals surface area contributed by atoms with Crippen LogP contribution in [0.5, 0.6) is 0 Å². The minimum Gasteiger partial charge on any atom is -0.441 e. The standard InChI is InChI=1S/C13H12F3NO3/c1-17-11-9(10(18)12(19-2)20-11)7-4-3-5-8(6-7)13(14,15)16/h3-6,12,17H,1-2H3. The summed E-state index contributed by atoms with van der Waals surface area (Å²) in [4.78, 5) is 12.0. The van der Waals surface area contributed by atoms with Gasteiger partial charge < -0.3 is 14.8 Å². The molecule has 0 spiro atoms. The number of carbonyl (C=O) groups excluding carboxylic acids is 1. The zero-order chi connectivity index (χ0) is 14.9. The average molecular weight is 287 g/mol. The molecule has 7 heteroatoms. The summed E-state index contributed by atoms with van der Waals surface area (Å²) in [5.74, 6) is -0.419.